The summed E-state index contributed by atoms with van der Waals surface area (Å²) in [4.78, 5) is 11.3. The third-order valence-corrected chi connectivity index (χ3v) is 3.13. The molecule has 8 nitrogen and oxygen atoms in total. The van der Waals surface area contributed by atoms with Crippen molar-refractivity contribution in [2.24, 2.45) is 0 Å². The molecule has 0 aliphatic heterocycles. The van der Waals surface area contributed by atoms with Gasteiger partial charge in [-0.15, -0.1) is 0 Å². The Kier molecular flexibility index (Phi) is 24.7. The number of hydrogen-bond acceptors (Lipinski definition) is 6. The van der Waals surface area contributed by atoms with Crippen molar-refractivity contribution in [3.63, 3.8) is 0 Å². The molecule has 0 rings (SSSR count). The van der Waals surface area contributed by atoms with Gasteiger partial charge in [-0.2, -0.15) is 8.42 Å². The number of unbranched alkanes of at least 4 members (excludes halogenated alkanes) is 8. The summed E-state index contributed by atoms with van der Waals surface area (Å²) in [6, 6.07) is 0. The molecule has 0 aliphatic rings. The fourth-order valence-electron chi connectivity index (χ4n) is 1.89. The molecule has 0 aromatic heterocycles. The monoisotopic (exact) mass is 396 g/mol. The Morgan fingerprint density at radius 3 is 1.76 bits per heavy atom. The van der Waals surface area contributed by atoms with Gasteiger partial charge in [0.1, 0.15) is 12.7 Å². The van der Waals surface area contributed by atoms with Crippen LogP contribution >= 0.6 is 0 Å². The summed E-state index contributed by atoms with van der Waals surface area (Å²) in [7, 11) is -4.67. The van der Waals surface area contributed by atoms with Crippen LogP contribution in [-0.4, -0.2) is 82.6 Å². The molecule has 0 aromatic rings. The van der Waals surface area contributed by atoms with Crippen LogP contribution in [0, 0.1) is 0 Å². The molecule has 0 saturated heterocycles. The van der Waals surface area contributed by atoms with Gasteiger partial charge < -0.3 is 14.9 Å². The normalized spacial score (nSPS) is 11.7. The van der Waals surface area contributed by atoms with E-state index in [1.54, 1.807) is 0 Å². The second kappa shape index (κ2) is 20.6. The van der Waals surface area contributed by atoms with Crippen molar-refractivity contribution in [1.29, 1.82) is 0 Å². The molecule has 0 bridgehead atoms. The predicted octanol–water partition coefficient (Wildman–Crippen LogP) is 1.50. The van der Waals surface area contributed by atoms with Gasteiger partial charge in [-0.05, 0) is 6.42 Å². The molecule has 4 N–H and O–H groups in total. The minimum atomic E-state index is -4.67. The topological polar surface area (TPSA) is 141 Å². The van der Waals surface area contributed by atoms with Crippen LogP contribution in [0.25, 0.3) is 0 Å². The maximum absolute atomic E-state index is 11.3. The number of carbonyl (C=O) groups is 1. The number of esters is 1. The summed E-state index contributed by atoms with van der Waals surface area (Å²) in [6.45, 7) is 1.75. The Bertz CT molecular complexity index is 381. The fraction of sp³-hybridized carbons (Fsp3) is 0.933. The van der Waals surface area contributed by atoms with E-state index < -0.39 is 16.5 Å². The third kappa shape index (κ3) is 36.1. The first kappa shape index (κ1) is 30.0. The zero-order chi connectivity index (χ0) is 18.8. The van der Waals surface area contributed by atoms with Crippen molar-refractivity contribution in [3.8, 4) is 0 Å². The molecule has 148 valence electrons. The fourth-order valence-corrected chi connectivity index (χ4v) is 1.89. The van der Waals surface area contributed by atoms with Gasteiger partial charge in [-0.3, -0.25) is 13.9 Å². The van der Waals surface area contributed by atoms with Gasteiger partial charge in [-0.25, -0.2) is 0 Å². The second-order valence-corrected chi connectivity index (χ2v) is 6.44. The van der Waals surface area contributed by atoms with Gasteiger partial charge >= 0.3 is 45.9 Å². The minimum absolute atomic E-state index is 0. The van der Waals surface area contributed by atoms with Crippen LogP contribution in [0.1, 0.15) is 71.1 Å². The van der Waals surface area contributed by atoms with E-state index in [1.807, 2.05) is 0 Å². The van der Waals surface area contributed by atoms with Gasteiger partial charge in [0.15, 0.2) is 0 Å². The van der Waals surface area contributed by atoms with E-state index >= 15 is 0 Å². The second-order valence-electron chi connectivity index (χ2n) is 5.55. The first-order valence-electron chi connectivity index (χ1n) is 8.35. The van der Waals surface area contributed by atoms with Gasteiger partial charge in [0.05, 0.1) is 6.61 Å². The van der Waals surface area contributed by atoms with Crippen molar-refractivity contribution in [2.75, 3.05) is 13.2 Å². The zero-order valence-electron chi connectivity index (χ0n) is 14.4. The first-order chi connectivity index (χ1) is 11.2. The van der Waals surface area contributed by atoms with Crippen molar-refractivity contribution >= 4 is 45.9 Å². The van der Waals surface area contributed by atoms with E-state index in [2.05, 4.69) is 6.92 Å². The van der Waals surface area contributed by atoms with E-state index in [9.17, 15) is 4.79 Å². The summed E-state index contributed by atoms with van der Waals surface area (Å²) < 4.78 is 36.4. The van der Waals surface area contributed by atoms with Crippen LogP contribution in [-0.2, 0) is 19.9 Å². The van der Waals surface area contributed by atoms with E-state index in [-0.39, 0.29) is 48.7 Å². The molecule has 25 heavy (non-hydrogen) atoms. The van der Waals surface area contributed by atoms with E-state index in [0.29, 0.717) is 6.42 Å². The maximum atomic E-state index is 11.3. The molecular weight excluding hydrogens is 363 g/mol. The SMILES string of the molecule is CCCCCCCCCCCC(=O)OCC(O)CO.O=S(=O)(O)O.[NaH]. The summed E-state index contributed by atoms with van der Waals surface area (Å²) in [6.07, 6.45) is 10.4. The summed E-state index contributed by atoms with van der Waals surface area (Å²) in [5.74, 6) is -0.282. The number of carbonyl (C=O) groups excluding carboxylic acids is 1. The van der Waals surface area contributed by atoms with Crippen molar-refractivity contribution in [2.45, 2.75) is 77.2 Å². The first-order valence-corrected chi connectivity index (χ1v) is 9.74. The van der Waals surface area contributed by atoms with Crippen LogP contribution in [0.3, 0.4) is 0 Å². The average Bonchev–Trinajstić information content (AvgIpc) is 2.49. The van der Waals surface area contributed by atoms with Gasteiger partial charge in [-0.1, -0.05) is 58.3 Å². The number of aliphatic hydroxyl groups excluding tert-OH is 2. The summed E-state index contributed by atoms with van der Waals surface area (Å²) in [5, 5.41) is 17.6. The van der Waals surface area contributed by atoms with Gasteiger partial charge in [0, 0.05) is 6.42 Å². The van der Waals surface area contributed by atoms with Crippen molar-refractivity contribution in [3.05, 3.63) is 0 Å². The molecule has 0 saturated carbocycles. The Morgan fingerprint density at radius 1 is 0.960 bits per heavy atom. The van der Waals surface area contributed by atoms with Crippen LogP contribution in [0.2, 0.25) is 0 Å². The molecular formula is C15H33NaO8S. The Balaban J connectivity index is -0.000000704. The third-order valence-electron chi connectivity index (χ3n) is 3.13. The number of hydrogen-bond donors (Lipinski definition) is 4. The standard InChI is InChI=1S/C15H30O4.Na.H2O4S.H/c1-2-3-4-5-6-7-8-9-10-11-15(18)19-13-14(17)12-16;;1-5(2,3)4;/h14,16-17H,2-13H2,1H3;;(H2,1,2,3,4);. The Hall–Kier alpha value is 0.260. The van der Waals surface area contributed by atoms with Crippen molar-refractivity contribution < 1.29 is 37.3 Å². The van der Waals surface area contributed by atoms with Crippen LogP contribution in [0.15, 0.2) is 0 Å². The average molecular weight is 396 g/mol. The molecule has 0 fully saturated rings. The summed E-state index contributed by atoms with van der Waals surface area (Å²) in [5.41, 5.74) is 0. The molecule has 0 spiro atoms. The molecule has 10 heteroatoms. The summed E-state index contributed by atoms with van der Waals surface area (Å²) >= 11 is 0. The Labute approximate surface area is 173 Å². The quantitative estimate of drug-likeness (QED) is 0.159. The van der Waals surface area contributed by atoms with E-state index in [1.165, 1.54) is 44.9 Å². The van der Waals surface area contributed by atoms with Gasteiger partial charge in [0.2, 0.25) is 0 Å². The molecule has 1 atom stereocenters. The molecule has 0 aliphatic carbocycles. The molecule has 0 radical (unpaired) electrons. The number of aliphatic hydroxyl groups is 2. The number of ether oxygens (including phenoxy) is 1. The molecule has 0 heterocycles. The zero-order valence-corrected chi connectivity index (χ0v) is 15.2. The number of rotatable bonds is 13. The predicted molar refractivity (Wildman–Crippen MR) is 97.2 cm³/mol. The molecule has 0 aromatic carbocycles. The van der Waals surface area contributed by atoms with Crippen molar-refractivity contribution in [1.82, 2.24) is 0 Å². The van der Waals surface area contributed by atoms with Gasteiger partial charge in [0.25, 0.3) is 0 Å². The van der Waals surface area contributed by atoms with Crippen LogP contribution in [0.5, 0.6) is 0 Å². The van der Waals surface area contributed by atoms with Crippen LogP contribution in [0.4, 0.5) is 0 Å². The Morgan fingerprint density at radius 2 is 1.36 bits per heavy atom. The van der Waals surface area contributed by atoms with E-state index in [0.717, 1.165) is 12.8 Å². The molecule has 0 amide bonds. The van der Waals surface area contributed by atoms with Crippen LogP contribution < -0.4 is 0 Å². The van der Waals surface area contributed by atoms with E-state index in [4.69, 9.17) is 32.5 Å². The molecule has 1 unspecified atom stereocenters.